The van der Waals surface area contributed by atoms with Gasteiger partial charge in [0.2, 0.25) is 0 Å². The SMILES string of the molecule is CC=CC1=NC=CCC1=O. The van der Waals surface area contributed by atoms with Gasteiger partial charge in [-0.15, -0.1) is 0 Å². The van der Waals surface area contributed by atoms with Gasteiger partial charge >= 0.3 is 0 Å². The fourth-order valence-corrected chi connectivity index (χ4v) is 0.763. The second-order valence-electron chi connectivity index (χ2n) is 2.03. The predicted octanol–water partition coefficient (Wildman–Crippen LogP) is 1.49. The summed E-state index contributed by atoms with van der Waals surface area (Å²) in [5.41, 5.74) is 0.560. The van der Waals surface area contributed by atoms with Crippen molar-refractivity contribution in [3.8, 4) is 0 Å². The van der Waals surface area contributed by atoms with Gasteiger partial charge in [-0.05, 0) is 13.0 Å². The molecule has 0 atom stereocenters. The maximum absolute atomic E-state index is 11.0. The Labute approximate surface area is 60.0 Å². The van der Waals surface area contributed by atoms with Crippen molar-refractivity contribution < 1.29 is 4.79 Å². The number of Topliss-reactive ketones (excluding diaryl/α,β-unsaturated/α-hetero) is 1. The Bertz CT molecular complexity index is 223. The van der Waals surface area contributed by atoms with Crippen molar-refractivity contribution in [2.45, 2.75) is 13.3 Å². The first-order valence-corrected chi connectivity index (χ1v) is 3.23. The Kier molecular flexibility index (Phi) is 2.15. The lowest BCUT2D eigenvalue weighted by molar-refractivity contribution is -0.112. The van der Waals surface area contributed by atoms with Crippen molar-refractivity contribution >= 4 is 11.5 Å². The van der Waals surface area contributed by atoms with E-state index in [0.717, 1.165) is 0 Å². The van der Waals surface area contributed by atoms with Crippen molar-refractivity contribution in [2.75, 3.05) is 0 Å². The molecule has 1 aliphatic rings. The maximum Gasteiger partial charge on any atom is 0.184 e. The van der Waals surface area contributed by atoms with E-state index in [1.54, 1.807) is 18.4 Å². The number of aliphatic imine (C=N–C) groups is 1. The maximum atomic E-state index is 11.0. The molecule has 52 valence electrons. The first kappa shape index (κ1) is 6.93. The van der Waals surface area contributed by atoms with Crippen LogP contribution in [0.4, 0.5) is 0 Å². The van der Waals surface area contributed by atoms with Gasteiger partial charge in [-0.3, -0.25) is 9.79 Å². The van der Waals surface area contributed by atoms with Crippen LogP contribution in [0.25, 0.3) is 0 Å². The van der Waals surface area contributed by atoms with Crippen LogP contribution in [0, 0.1) is 0 Å². The molecule has 0 aromatic rings. The molecule has 0 aromatic heterocycles. The van der Waals surface area contributed by atoms with E-state index in [1.165, 1.54) is 0 Å². The fraction of sp³-hybridized carbons (Fsp3) is 0.250. The van der Waals surface area contributed by atoms with Gasteiger partial charge in [-0.2, -0.15) is 0 Å². The molecule has 0 bridgehead atoms. The molecule has 0 N–H and O–H groups in total. The van der Waals surface area contributed by atoms with Crippen LogP contribution in [0.2, 0.25) is 0 Å². The van der Waals surface area contributed by atoms with Crippen LogP contribution in [-0.2, 0) is 4.79 Å². The molecule has 0 saturated heterocycles. The summed E-state index contributed by atoms with van der Waals surface area (Å²) < 4.78 is 0. The molecule has 0 unspecified atom stereocenters. The van der Waals surface area contributed by atoms with Crippen molar-refractivity contribution in [3.05, 3.63) is 24.4 Å². The smallest absolute Gasteiger partial charge is 0.184 e. The summed E-state index contributed by atoms with van der Waals surface area (Å²) in [6.07, 6.45) is 7.46. The zero-order valence-corrected chi connectivity index (χ0v) is 5.87. The number of hydrogen-bond donors (Lipinski definition) is 0. The highest BCUT2D eigenvalue weighted by Gasteiger charge is 2.07. The van der Waals surface area contributed by atoms with E-state index in [2.05, 4.69) is 4.99 Å². The third-order valence-corrected chi connectivity index (χ3v) is 1.23. The molecular formula is C8H9NO. The van der Waals surface area contributed by atoms with Crippen molar-refractivity contribution in [1.29, 1.82) is 0 Å². The minimum Gasteiger partial charge on any atom is -0.292 e. The van der Waals surface area contributed by atoms with Crippen LogP contribution in [0.15, 0.2) is 29.4 Å². The lowest BCUT2D eigenvalue weighted by Crippen LogP contribution is -2.11. The number of carbonyl (C=O) groups excluding carboxylic acids is 1. The monoisotopic (exact) mass is 135 g/mol. The minimum atomic E-state index is 0.0978. The third-order valence-electron chi connectivity index (χ3n) is 1.23. The van der Waals surface area contributed by atoms with E-state index in [1.807, 2.05) is 13.0 Å². The van der Waals surface area contributed by atoms with E-state index in [0.29, 0.717) is 12.1 Å². The van der Waals surface area contributed by atoms with Gasteiger partial charge in [-0.1, -0.05) is 12.2 Å². The number of carbonyl (C=O) groups is 1. The molecule has 1 rings (SSSR count). The highest BCUT2D eigenvalue weighted by atomic mass is 16.1. The van der Waals surface area contributed by atoms with Crippen LogP contribution in [0.3, 0.4) is 0 Å². The third kappa shape index (κ3) is 1.41. The molecule has 2 nitrogen and oxygen atoms in total. The van der Waals surface area contributed by atoms with Crippen LogP contribution in [-0.4, -0.2) is 11.5 Å². The lowest BCUT2D eigenvalue weighted by atomic mass is 10.1. The predicted molar refractivity (Wildman–Crippen MR) is 41.0 cm³/mol. The van der Waals surface area contributed by atoms with Gasteiger partial charge in [0.25, 0.3) is 0 Å². The van der Waals surface area contributed by atoms with Crippen LogP contribution in [0.5, 0.6) is 0 Å². The summed E-state index contributed by atoms with van der Waals surface area (Å²) in [6.45, 7) is 1.87. The average molecular weight is 135 g/mol. The summed E-state index contributed by atoms with van der Waals surface area (Å²) in [7, 11) is 0. The molecule has 1 heterocycles. The van der Waals surface area contributed by atoms with E-state index in [4.69, 9.17) is 0 Å². The first-order valence-electron chi connectivity index (χ1n) is 3.23. The van der Waals surface area contributed by atoms with E-state index >= 15 is 0 Å². The standard InChI is InChI=1S/C8H9NO/c1-2-4-7-8(10)5-3-6-9-7/h2-4,6H,5H2,1H3. The van der Waals surface area contributed by atoms with Crippen molar-refractivity contribution in [2.24, 2.45) is 4.99 Å². The number of hydrogen-bond acceptors (Lipinski definition) is 2. The van der Waals surface area contributed by atoms with E-state index < -0.39 is 0 Å². The number of nitrogens with zero attached hydrogens (tertiary/aromatic N) is 1. The molecule has 0 amide bonds. The Hall–Kier alpha value is -1.18. The molecule has 0 aliphatic carbocycles. The molecule has 0 radical (unpaired) electrons. The molecule has 2 heteroatoms. The summed E-state index contributed by atoms with van der Waals surface area (Å²) in [5.74, 6) is 0.0978. The molecule has 0 fully saturated rings. The van der Waals surface area contributed by atoms with Crippen LogP contribution >= 0.6 is 0 Å². The minimum absolute atomic E-state index is 0.0978. The number of rotatable bonds is 1. The van der Waals surface area contributed by atoms with E-state index in [-0.39, 0.29) is 5.78 Å². The van der Waals surface area contributed by atoms with Gasteiger partial charge in [0.1, 0.15) is 5.71 Å². The van der Waals surface area contributed by atoms with Gasteiger partial charge in [-0.25, -0.2) is 0 Å². The molecule has 0 saturated carbocycles. The van der Waals surface area contributed by atoms with Crippen molar-refractivity contribution in [1.82, 2.24) is 0 Å². The second kappa shape index (κ2) is 3.11. The lowest BCUT2D eigenvalue weighted by Gasteiger charge is -1.99. The normalized spacial score (nSPS) is 18.1. The fourth-order valence-electron chi connectivity index (χ4n) is 0.763. The average Bonchev–Trinajstić information content (AvgIpc) is 1.94. The van der Waals surface area contributed by atoms with Gasteiger partial charge in [0.15, 0.2) is 5.78 Å². The van der Waals surface area contributed by atoms with E-state index in [9.17, 15) is 4.79 Å². The largest absolute Gasteiger partial charge is 0.292 e. The quantitative estimate of drug-likeness (QED) is 0.535. The topological polar surface area (TPSA) is 29.4 Å². The number of ketones is 1. The first-order chi connectivity index (χ1) is 4.84. The zero-order valence-electron chi connectivity index (χ0n) is 5.87. The molecule has 0 spiro atoms. The highest BCUT2D eigenvalue weighted by Crippen LogP contribution is 1.99. The Morgan fingerprint density at radius 2 is 2.50 bits per heavy atom. The van der Waals surface area contributed by atoms with Crippen LogP contribution in [0.1, 0.15) is 13.3 Å². The highest BCUT2D eigenvalue weighted by molar-refractivity contribution is 6.45. The number of allylic oxidation sites excluding steroid dienone is 3. The summed E-state index contributed by atoms with van der Waals surface area (Å²) in [5, 5.41) is 0. The van der Waals surface area contributed by atoms with Crippen molar-refractivity contribution in [3.63, 3.8) is 0 Å². The van der Waals surface area contributed by atoms with Gasteiger partial charge in [0, 0.05) is 12.6 Å². The van der Waals surface area contributed by atoms with Crippen LogP contribution < -0.4 is 0 Å². The molecule has 10 heavy (non-hydrogen) atoms. The summed E-state index contributed by atoms with van der Waals surface area (Å²) in [6, 6.07) is 0. The van der Waals surface area contributed by atoms with Gasteiger partial charge in [0.05, 0.1) is 0 Å². The van der Waals surface area contributed by atoms with Gasteiger partial charge < -0.3 is 0 Å². The molecule has 0 aromatic carbocycles. The molecular weight excluding hydrogens is 126 g/mol. The Morgan fingerprint density at radius 3 is 3.10 bits per heavy atom. The summed E-state index contributed by atoms with van der Waals surface area (Å²) in [4.78, 5) is 14.9. The second-order valence-corrected chi connectivity index (χ2v) is 2.03. The Balaban J connectivity index is 2.80. The summed E-state index contributed by atoms with van der Waals surface area (Å²) >= 11 is 0. The molecule has 1 aliphatic heterocycles. The zero-order chi connectivity index (χ0) is 7.40. The Morgan fingerprint density at radius 1 is 1.70 bits per heavy atom.